The molecule has 0 radical (unpaired) electrons. The summed E-state index contributed by atoms with van der Waals surface area (Å²) >= 11 is 5.49. The van der Waals surface area contributed by atoms with Crippen molar-refractivity contribution in [3.8, 4) is 0 Å². The van der Waals surface area contributed by atoms with Gasteiger partial charge in [0.2, 0.25) is 0 Å². The van der Waals surface area contributed by atoms with E-state index in [9.17, 15) is 4.79 Å². The molecule has 1 unspecified atom stereocenters. The molecule has 4 heteroatoms. The first-order valence-electron chi connectivity index (χ1n) is 5.56. The number of ether oxygens (including phenoxy) is 1. The second kappa shape index (κ2) is 6.62. The fraction of sp³-hybridized carbons (Fsp3) is 0.462. The lowest BCUT2D eigenvalue weighted by atomic mass is 10.00. The molecule has 1 atom stereocenters. The highest BCUT2D eigenvalue weighted by Crippen LogP contribution is 2.21. The number of hydrogen-bond donors (Lipinski definition) is 1. The molecular formula is C13H17ClO3. The predicted molar refractivity (Wildman–Crippen MR) is 67.6 cm³/mol. The summed E-state index contributed by atoms with van der Waals surface area (Å²) in [5, 5.41) is 9.06. The zero-order valence-electron chi connectivity index (χ0n) is 10.0. The lowest BCUT2D eigenvalue weighted by Gasteiger charge is -2.14. The predicted octanol–water partition coefficient (Wildman–Crippen LogP) is 3.19. The fourth-order valence-electron chi connectivity index (χ4n) is 1.53. The van der Waals surface area contributed by atoms with Crippen molar-refractivity contribution < 1.29 is 14.6 Å². The maximum atomic E-state index is 11.1. The molecule has 0 saturated heterocycles. The summed E-state index contributed by atoms with van der Waals surface area (Å²) in [5.41, 5.74) is 1.82. The highest BCUT2D eigenvalue weighted by atomic mass is 35.5. The van der Waals surface area contributed by atoms with Gasteiger partial charge in [-0.3, -0.25) is 0 Å². The minimum absolute atomic E-state index is 0.227. The molecule has 3 nitrogen and oxygen atoms in total. The van der Waals surface area contributed by atoms with Crippen molar-refractivity contribution in [2.45, 2.75) is 25.9 Å². The second-order valence-electron chi connectivity index (χ2n) is 4.10. The van der Waals surface area contributed by atoms with Crippen molar-refractivity contribution in [3.05, 3.63) is 35.4 Å². The van der Waals surface area contributed by atoms with Crippen LogP contribution in [-0.4, -0.2) is 23.6 Å². The molecule has 0 aliphatic carbocycles. The number of rotatable bonds is 6. The first-order chi connectivity index (χ1) is 8.06. The number of carbonyl (C=O) groups is 1. The van der Waals surface area contributed by atoms with Gasteiger partial charge in [-0.05, 0) is 17.0 Å². The molecule has 0 fully saturated rings. The molecule has 0 bridgehead atoms. The maximum absolute atomic E-state index is 11.1. The number of aliphatic carboxylic acids is 1. The van der Waals surface area contributed by atoms with Crippen molar-refractivity contribution in [1.82, 2.24) is 0 Å². The number of alkyl halides is 1. The van der Waals surface area contributed by atoms with Gasteiger partial charge in [0.15, 0.2) is 6.10 Å². The van der Waals surface area contributed by atoms with E-state index in [1.807, 2.05) is 12.1 Å². The molecule has 0 aromatic heterocycles. The summed E-state index contributed by atoms with van der Waals surface area (Å²) < 4.78 is 5.21. The van der Waals surface area contributed by atoms with Gasteiger partial charge in [-0.1, -0.05) is 38.1 Å². The molecule has 1 N–H and O–H groups in total. The molecule has 1 aromatic carbocycles. The van der Waals surface area contributed by atoms with E-state index in [0.717, 1.165) is 0 Å². The van der Waals surface area contributed by atoms with E-state index in [2.05, 4.69) is 13.8 Å². The van der Waals surface area contributed by atoms with Crippen LogP contribution in [0.2, 0.25) is 0 Å². The molecule has 0 heterocycles. The smallest absolute Gasteiger partial charge is 0.337 e. The van der Waals surface area contributed by atoms with Crippen molar-refractivity contribution >= 4 is 17.6 Å². The lowest BCUT2D eigenvalue weighted by Crippen LogP contribution is -2.16. The number of carboxylic acids is 1. The first kappa shape index (κ1) is 14.0. The Kier molecular flexibility index (Phi) is 5.45. The number of benzene rings is 1. The Morgan fingerprint density at radius 1 is 1.29 bits per heavy atom. The molecule has 0 aliphatic heterocycles. The molecule has 1 rings (SSSR count). The normalized spacial score (nSPS) is 12.7. The Labute approximate surface area is 106 Å². The van der Waals surface area contributed by atoms with Crippen LogP contribution in [0.4, 0.5) is 0 Å². The standard InChI is InChI=1S/C13H17ClO3/c1-9(2)10-3-5-11(6-4-10)12(13(15)16)17-8-7-14/h3-6,9,12H,7-8H2,1-2H3,(H,15,16). The molecular weight excluding hydrogens is 240 g/mol. The second-order valence-corrected chi connectivity index (χ2v) is 4.48. The first-order valence-corrected chi connectivity index (χ1v) is 6.10. The summed E-state index contributed by atoms with van der Waals surface area (Å²) in [5.74, 6) is -0.281. The average molecular weight is 257 g/mol. The van der Waals surface area contributed by atoms with Crippen LogP contribution in [0.5, 0.6) is 0 Å². The fourth-order valence-corrected chi connectivity index (χ4v) is 1.62. The summed E-state index contributed by atoms with van der Waals surface area (Å²) in [7, 11) is 0. The minimum Gasteiger partial charge on any atom is -0.479 e. The Morgan fingerprint density at radius 3 is 2.24 bits per heavy atom. The van der Waals surface area contributed by atoms with Crippen molar-refractivity contribution in [2.24, 2.45) is 0 Å². The molecule has 0 aliphatic rings. The van der Waals surface area contributed by atoms with Gasteiger partial charge >= 0.3 is 5.97 Å². The molecule has 17 heavy (non-hydrogen) atoms. The summed E-state index contributed by atoms with van der Waals surface area (Å²) in [6.45, 7) is 4.41. The molecule has 94 valence electrons. The SMILES string of the molecule is CC(C)c1ccc(C(OCCCl)C(=O)O)cc1. The van der Waals surface area contributed by atoms with Gasteiger partial charge in [-0.25, -0.2) is 4.79 Å². The van der Waals surface area contributed by atoms with Crippen LogP contribution in [0.15, 0.2) is 24.3 Å². The van der Waals surface area contributed by atoms with Gasteiger partial charge in [-0.2, -0.15) is 0 Å². The van der Waals surface area contributed by atoms with Crippen molar-refractivity contribution in [1.29, 1.82) is 0 Å². The van der Waals surface area contributed by atoms with Gasteiger partial charge in [-0.15, -0.1) is 11.6 Å². The summed E-state index contributed by atoms with van der Waals surface area (Å²) in [6.07, 6.45) is -0.935. The van der Waals surface area contributed by atoms with Crippen LogP contribution < -0.4 is 0 Å². The molecule has 0 saturated carbocycles. The zero-order valence-corrected chi connectivity index (χ0v) is 10.8. The van der Waals surface area contributed by atoms with Crippen LogP contribution in [0.3, 0.4) is 0 Å². The van der Waals surface area contributed by atoms with E-state index in [0.29, 0.717) is 11.5 Å². The van der Waals surface area contributed by atoms with E-state index >= 15 is 0 Å². The zero-order chi connectivity index (χ0) is 12.8. The van der Waals surface area contributed by atoms with E-state index in [-0.39, 0.29) is 12.5 Å². The number of halogens is 1. The van der Waals surface area contributed by atoms with Gasteiger partial charge < -0.3 is 9.84 Å². The van der Waals surface area contributed by atoms with E-state index in [1.165, 1.54) is 5.56 Å². The summed E-state index contributed by atoms with van der Waals surface area (Å²) in [4.78, 5) is 11.1. The van der Waals surface area contributed by atoms with E-state index in [4.69, 9.17) is 21.4 Å². The Morgan fingerprint density at radius 2 is 1.82 bits per heavy atom. The van der Waals surface area contributed by atoms with Crippen LogP contribution in [0.1, 0.15) is 37.0 Å². The summed E-state index contributed by atoms with van der Waals surface area (Å²) in [6, 6.07) is 7.45. The van der Waals surface area contributed by atoms with E-state index in [1.54, 1.807) is 12.1 Å². The quantitative estimate of drug-likeness (QED) is 0.795. The topological polar surface area (TPSA) is 46.5 Å². The lowest BCUT2D eigenvalue weighted by molar-refractivity contribution is -0.150. The molecule has 0 spiro atoms. The minimum atomic E-state index is -0.993. The average Bonchev–Trinajstić information content (AvgIpc) is 2.29. The van der Waals surface area contributed by atoms with Gasteiger partial charge in [0.25, 0.3) is 0 Å². The van der Waals surface area contributed by atoms with Crippen molar-refractivity contribution in [2.75, 3.05) is 12.5 Å². The van der Waals surface area contributed by atoms with Crippen molar-refractivity contribution in [3.63, 3.8) is 0 Å². The third-order valence-electron chi connectivity index (χ3n) is 2.49. The van der Waals surface area contributed by atoms with Crippen LogP contribution in [0.25, 0.3) is 0 Å². The Bertz CT molecular complexity index is 359. The van der Waals surface area contributed by atoms with Crippen LogP contribution in [-0.2, 0) is 9.53 Å². The van der Waals surface area contributed by atoms with Gasteiger partial charge in [0.05, 0.1) is 6.61 Å². The Balaban J connectivity index is 2.83. The van der Waals surface area contributed by atoms with Gasteiger partial charge in [0.1, 0.15) is 0 Å². The monoisotopic (exact) mass is 256 g/mol. The molecule has 1 aromatic rings. The Hall–Kier alpha value is -1.06. The largest absolute Gasteiger partial charge is 0.479 e. The maximum Gasteiger partial charge on any atom is 0.337 e. The highest BCUT2D eigenvalue weighted by Gasteiger charge is 2.20. The van der Waals surface area contributed by atoms with E-state index < -0.39 is 12.1 Å². The van der Waals surface area contributed by atoms with Crippen LogP contribution >= 0.6 is 11.6 Å². The third kappa shape index (κ3) is 4.02. The number of carboxylic acid groups (broad SMARTS) is 1. The van der Waals surface area contributed by atoms with Gasteiger partial charge in [0, 0.05) is 5.88 Å². The number of hydrogen-bond acceptors (Lipinski definition) is 2. The van der Waals surface area contributed by atoms with Crippen LogP contribution in [0, 0.1) is 0 Å². The highest BCUT2D eigenvalue weighted by molar-refractivity contribution is 6.17. The third-order valence-corrected chi connectivity index (χ3v) is 2.65. The molecule has 0 amide bonds.